The van der Waals surface area contributed by atoms with Crippen molar-refractivity contribution in [3.63, 3.8) is 0 Å². The largest absolute Gasteiger partial charge is 0.424 e. The van der Waals surface area contributed by atoms with Gasteiger partial charge in [-0.15, -0.1) is 11.3 Å². The lowest BCUT2D eigenvalue weighted by molar-refractivity contribution is 0.380. The number of benzene rings is 1. The second-order valence-electron chi connectivity index (χ2n) is 6.33. The molecule has 0 fully saturated rings. The van der Waals surface area contributed by atoms with E-state index in [0.717, 1.165) is 34.7 Å². The fourth-order valence-corrected chi connectivity index (χ4v) is 7.10. The Morgan fingerprint density at radius 3 is 2.67 bits per heavy atom. The van der Waals surface area contributed by atoms with E-state index in [0.29, 0.717) is 4.88 Å². The molecule has 156 valence electrons. The maximum Gasteiger partial charge on any atom is 0.377 e. The van der Waals surface area contributed by atoms with Crippen molar-refractivity contribution >= 4 is 28.8 Å². The first kappa shape index (κ1) is 22.1. The van der Waals surface area contributed by atoms with Gasteiger partial charge in [0, 0.05) is 28.4 Å². The Morgan fingerprint density at radius 2 is 2.03 bits per heavy atom. The van der Waals surface area contributed by atoms with Crippen molar-refractivity contribution in [2.45, 2.75) is 11.1 Å². The van der Waals surface area contributed by atoms with Crippen molar-refractivity contribution in [1.29, 1.82) is 5.26 Å². The minimum absolute atomic E-state index is 0.0579. The summed E-state index contributed by atoms with van der Waals surface area (Å²) in [6.07, 6.45) is 0.973. The third kappa shape index (κ3) is 5.32. The van der Waals surface area contributed by atoms with Gasteiger partial charge in [0.2, 0.25) is 0 Å². The fraction of sp³-hybridized carbons (Fsp3) is 0.158. The highest BCUT2D eigenvalue weighted by Crippen LogP contribution is 2.43. The average molecular weight is 466 g/mol. The molecule has 0 aliphatic carbocycles. The fourth-order valence-electron chi connectivity index (χ4n) is 2.45. The average Bonchev–Trinajstić information content (AvgIpc) is 3.18. The van der Waals surface area contributed by atoms with Gasteiger partial charge in [-0.3, -0.25) is 4.98 Å². The molecule has 0 saturated heterocycles. The Kier molecular flexibility index (Phi) is 6.38. The molecule has 0 bridgehead atoms. The summed E-state index contributed by atoms with van der Waals surface area (Å²) in [5.41, 5.74) is 1.37. The number of pyridine rings is 1. The van der Waals surface area contributed by atoms with E-state index in [1.54, 1.807) is 18.3 Å². The Morgan fingerprint density at radius 1 is 1.27 bits per heavy atom. The van der Waals surface area contributed by atoms with E-state index in [1.807, 2.05) is 19.1 Å². The Labute approximate surface area is 176 Å². The van der Waals surface area contributed by atoms with E-state index in [-0.39, 0.29) is 15.5 Å². The first-order valence-electron chi connectivity index (χ1n) is 8.56. The molecule has 0 radical (unpaired) electrons. The van der Waals surface area contributed by atoms with Gasteiger partial charge in [0.25, 0.3) is 0 Å². The van der Waals surface area contributed by atoms with Crippen LogP contribution in [0.2, 0.25) is 0 Å². The summed E-state index contributed by atoms with van der Waals surface area (Å²) in [6, 6.07) is 11.4. The van der Waals surface area contributed by atoms with Crippen molar-refractivity contribution in [3.05, 3.63) is 65.7 Å². The zero-order valence-corrected chi connectivity index (χ0v) is 18.2. The van der Waals surface area contributed by atoms with Gasteiger partial charge >= 0.3 is 7.60 Å². The molecule has 11 heteroatoms. The second kappa shape index (κ2) is 8.66. The third-order valence-corrected chi connectivity index (χ3v) is 9.05. The summed E-state index contributed by atoms with van der Waals surface area (Å²) in [4.78, 5) is 14.9. The molecular weight excluding hydrogens is 450 g/mol. The highest BCUT2D eigenvalue weighted by atomic mass is 32.2. The number of hydrogen-bond donors (Lipinski definition) is 1. The first-order valence-corrected chi connectivity index (χ1v) is 12.8. The van der Waals surface area contributed by atoms with Gasteiger partial charge in [0.15, 0.2) is 9.84 Å². The van der Waals surface area contributed by atoms with Crippen LogP contribution in [-0.2, 0) is 14.4 Å². The predicted molar refractivity (Wildman–Crippen MR) is 111 cm³/mol. The zero-order valence-electron chi connectivity index (χ0n) is 15.6. The molecule has 0 aliphatic rings. The molecule has 1 atom stereocenters. The van der Waals surface area contributed by atoms with Crippen LogP contribution in [0.4, 0.5) is 4.39 Å². The molecule has 0 amide bonds. The monoisotopic (exact) mass is 466 g/mol. The Balaban J connectivity index is 1.69. The van der Waals surface area contributed by atoms with Gasteiger partial charge < -0.3 is 9.42 Å². The van der Waals surface area contributed by atoms with Crippen LogP contribution in [0.5, 0.6) is 5.75 Å². The summed E-state index contributed by atoms with van der Waals surface area (Å²) < 4.78 is 56.0. The van der Waals surface area contributed by atoms with Gasteiger partial charge in [0.1, 0.15) is 21.8 Å². The number of aryl methyl sites for hydroxylation is 1. The number of sulfone groups is 1. The summed E-state index contributed by atoms with van der Waals surface area (Å²) in [5.74, 6) is -1.79. The minimum atomic E-state index is -4.37. The van der Waals surface area contributed by atoms with E-state index in [2.05, 4.69) is 4.98 Å². The molecule has 0 saturated carbocycles. The lowest BCUT2D eigenvalue weighted by Gasteiger charge is -2.13. The van der Waals surface area contributed by atoms with E-state index < -0.39 is 35.2 Å². The van der Waals surface area contributed by atoms with Crippen LogP contribution in [0.3, 0.4) is 0 Å². The van der Waals surface area contributed by atoms with Crippen LogP contribution in [0.1, 0.15) is 11.3 Å². The molecule has 1 aromatic carbocycles. The molecule has 3 rings (SSSR count). The van der Waals surface area contributed by atoms with Gasteiger partial charge in [-0.05, 0) is 37.3 Å². The molecule has 1 unspecified atom stereocenters. The predicted octanol–water partition coefficient (Wildman–Crippen LogP) is 4.17. The number of aromatic nitrogens is 1. The summed E-state index contributed by atoms with van der Waals surface area (Å²) in [5, 5.41) is 8.71. The normalized spacial score (nSPS) is 13.4. The number of thiophene rings is 1. The van der Waals surface area contributed by atoms with Crippen molar-refractivity contribution in [1.82, 2.24) is 4.98 Å². The lowest BCUT2D eigenvalue weighted by atomic mass is 10.2. The second-order valence-corrected chi connectivity index (χ2v) is 11.7. The van der Waals surface area contributed by atoms with Gasteiger partial charge in [0.05, 0.1) is 17.5 Å². The molecule has 2 aromatic heterocycles. The third-order valence-electron chi connectivity index (χ3n) is 4.04. The Hall–Kier alpha value is -2.57. The SMILES string of the molecule is Cc1ccc(-c2ccc(S(=O)(=O)CCP(=O)(O)Oc3ccc(C#N)c(F)c3)s2)cn1. The number of halogens is 1. The molecule has 30 heavy (non-hydrogen) atoms. The molecule has 2 heterocycles. The maximum atomic E-state index is 13.6. The number of nitrogens with zero attached hydrogens (tertiary/aromatic N) is 2. The van der Waals surface area contributed by atoms with E-state index >= 15 is 0 Å². The van der Waals surface area contributed by atoms with E-state index in [4.69, 9.17) is 9.79 Å². The highest BCUT2D eigenvalue weighted by Gasteiger charge is 2.27. The molecule has 1 N–H and O–H groups in total. The number of nitriles is 1. The first-order chi connectivity index (χ1) is 14.1. The van der Waals surface area contributed by atoms with Crippen molar-refractivity contribution in [2.75, 3.05) is 11.9 Å². The zero-order chi connectivity index (χ0) is 21.9. The maximum absolute atomic E-state index is 13.6. The minimum Gasteiger partial charge on any atom is -0.424 e. The topological polar surface area (TPSA) is 117 Å². The van der Waals surface area contributed by atoms with Gasteiger partial charge in [-0.1, -0.05) is 6.07 Å². The van der Waals surface area contributed by atoms with Crippen LogP contribution < -0.4 is 4.52 Å². The van der Waals surface area contributed by atoms with Crippen LogP contribution in [0.15, 0.2) is 52.9 Å². The summed E-state index contributed by atoms with van der Waals surface area (Å²) >= 11 is 1.04. The van der Waals surface area contributed by atoms with Crippen molar-refractivity contribution in [2.24, 2.45) is 0 Å². The van der Waals surface area contributed by atoms with Crippen LogP contribution >= 0.6 is 18.9 Å². The molecule has 7 nitrogen and oxygen atoms in total. The molecule has 0 spiro atoms. The molecule has 0 aliphatic heterocycles. The number of rotatable bonds is 7. The summed E-state index contributed by atoms with van der Waals surface area (Å²) in [6.45, 7) is 1.84. The van der Waals surface area contributed by atoms with Crippen molar-refractivity contribution < 1.29 is 26.8 Å². The molecule has 3 aromatic rings. The quantitative estimate of drug-likeness (QED) is 0.519. The van der Waals surface area contributed by atoms with Crippen LogP contribution in [0, 0.1) is 24.1 Å². The van der Waals surface area contributed by atoms with Crippen LogP contribution in [-0.4, -0.2) is 30.2 Å². The highest BCUT2D eigenvalue weighted by molar-refractivity contribution is 7.93. The smallest absolute Gasteiger partial charge is 0.377 e. The number of hydrogen-bond acceptors (Lipinski definition) is 7. The summed E-state index contributed by atoms with van der Waals surface area (Å²) in [7, 11) is -8.20. The van der Waals surface area contributed by atoms with E-state index in [9.17, 15) is 22.3 Å². The standard InChI is InChI=1S/C19H16FN2O5PS2/c1-13-2-3-15(12-22-13)18-6-7-19(29-18)30(25,26)9-8-28(23,24)27-16-5-4-14(11-21)17(20)10-16/h2-7,10,12H,8-9H2,1H3,(H,23,24). The van der Waals surface area contributed by atoms with Gasteiger partial charge in [-0.2, -0.15) is 5.26 Å². The van der Waals surface area contributed by atoms with Gasteiger partial charge in [-0.25, -0.2) is 17.4 Å². The molecular formula is C19H16FN2O5PS2. The van der Waals surface area contributed by atoms with E-state index in [1.165, 1.54) is 12.1 Å². The van der Waals surface area contributed by atoms with Crippen LogP contribution in [0.25, 0.3) is 10.4 Å². The van der Waals surface area contributed by atoms with Crippen molar-refractivity contribution in [3.8, 4) is 22.3 Å². The Bertz CT molecular complexity index is 1270. The lowest BCUT2D eigenvalue weighted by Crippen LogP contribution is -2.11.